The van der Waals surface area contributed by atoms with E-state index in [-0.39, 0.29) is 10.8 Å². The maximum absolute atomic E-state index is 11.9. The number of nitrogens with zero attached hydrogens (tertiary/aromatic N) is 2. The molecule has 1 aromatic carbocycles. The van der Waals surface area contributed by atoms with Gasteiger partial charge < -0.3 is 0 Å². The Labute approximate surface area is 100 Å². The van der Waals surface area contributed by atoms with Gasteiger partial charge in [-0.05, 0) is 28.1 Å². The SMILES string of the molecule is O=S(=O)(Nc1ncn[nH]1)c1ccccc1Br. The van der Waals surface area contributed by atoms with Crippen LogP contribution < -0.4 is 4.72 Å². The molecule has 0 radical (unpaired) electrons. The van der Waals surface area contributed by atoms with Crippen LogP contribution in [0.4, 0.5) is 5.95 Å². The van der Waals surface area contributed by atoms with E-state index in [1.54, 1.807) is 18.2 Å². The van der Waals surface area contributed by atoms with Crippen molar-refractivity contribution < 1.29 is 8.42 Å². The van der Waals surface area contributed by atoms with E-state index in [2.05, 4.69) is 35.8 Å². The lowest BCUT2D eigenvalue weighted by Crippen LogP contribution is -2.14. The number of aromatic amines is 1. The number of benzene rings is 1. The standard InChI is InChI=1S/C8H7BrN4O2S/c9-6-3-1-2-4-7(6)16(14,15)13-8-10-5-11-12-8/h1-5H,(H2,10,11,12,13). The van der Waals surface area contributed by atoms with Gasteiger partial charge in [-0.1, -0.05) is 12.1 Å². The quantitative estimate of drug-likeness (QED) is 0.896. The summed E-state index contributed by atoms with van der Waals surface area (Å²) in [6, 6.07) is 6.51. The van der Waals surface area contributed by atoms with E-state index in [1.807, 2.05) is 0 Å². The Morgan fingerprint density at radius 3 is 2.69 bits per heavy atom. The first-order chi connectivity index (χ1) is 7.59. The molecule has 2 N–H and O–H groups in total. The van der Waals surface area contributed by atoms with Crippen molar-refractivity contribution in [1.82, 2.24) is 15.2 Å². The van der Waals surface area contributed by atoms with Crippen molar-refractivity contribution in [2.75, 3.05) is 4.72 Å². The molecule has 0 aliphatic carbocycles. The minimum absolute atomic E-state index is 0.0794. The Kier molecular flexibility index (Phi) is 2.92. The van der Waals surface area contributed by atoms with Gasteiger partial charge in [0.05, 0.1) is 0 Å². The predicted molar refractivity (Wildman–Crippen MR) is 61.3 cm³/mol. The van der Waals surface area contributed by atoms with Crippen LogP contribution in [0, 0.1) is 0 Å². The lowest BCUT2D eigenvalue weighted by molar-refractivity contribution is 0.600. The molecule has 0 bridgehead atoms. The first-order valence-corrected chi connectivity index (χ1v) is 6.50. The van der Waals surface area contributed by atoms with Gasteiger partial charge in [0.25, 0.3) is 10.0 Å². The number of aromatic nitrogens is 3. The first-order valence-electron chi connectivity index (χ1n) is 4.22. The number of hydrogen-bond acceptors (Lipinski definition) is 4. The van der Waals surface area contributed by atoms with E-state index in [1.165, 1.54) is 12.4 Å². The minimum Gasteiger partial charge on any atom is -0.248 e. The molecule has 0 aliphatic heterocycles. The second kappa shape index (κ2) is 4.22. The van der Waals surface area contributed by atoms with Gasteiger partial charge in [-0.2, -0.15) is 10.1 Å². The number of rotatable bonds is 3. The summed E-state index contributed by atoms with van der Waals surface area (Å²) in [4.78, 5) is 3.83. The van der Waals surface area contributed by atoms with Gasteiger partial charge >= 0.3 is 0 Å². The Balaban J connectivity index is 2.37. The second-order valence-corrected chi connectivity index (χ2v) is 5.38. The van der Waals surface area contributed by atoms with Gasteiger partial charge in [-0.3, -0.25) is 0 Å². The Morgan fingerprint density at radius 1 is 1.31 bits per heavy atom. The van der Waals surface area contributed by atoms with Crippen molar-refractivity contribution in [3.05, 3.63) is 35.1 Å². The molecule has 0 amide bonds. The lowest BCUT2D eigenvalue weighted by atomic mass is 10.4. The Bertz CT molecular complexity index is 582. The van der Waals surface area contributed by atoms with Crippen LogP contribution in [0.2, 0.25) is 0 Å². The highest BCUT2D eigenvalue weighted by Gasteiger charge is 2.17. The van der Waals surface area contributed by atoms with E-state index in [0.717, 1.165) is 0 Å². The van der Waals surface area contributed by atoms with Gasteiger partial charge in [0.15, 0.2) is 0 Å². The van der Waals surface area contributed by atoms with Crippen LogP contribution in [-0.4, -0.2) is 23.6 Å². The molecule has 0 saturated heterocycles. The molecular formula is C8H7BrN4O2S. The average Bonchev–Trinajstić information content (AvgIpc) is 2.70. The zero-order valence-electron chi connectivity index (χ0n) is 7.88. The van der Waals surface area contributed by atoms with Crippen LogP contribution in [0.15, 0.2) is 40.0 Å². The Morgan fingerprint density at radius 2 is 2.06 bits per heavy atom. The fraction of sp³-hybridized carbons (Fsp3) is 0. The Hall–Kier alpha value is -1.41. The monoisotopic (exact) mass is 302 g/mol. The molecule has 2 aromatic rings. The van der Waals surface area contributed by atoms with Crippen molar-refractivity contribution in [3.8, 4) is 0 Å². The molecular weight excluding hydrogens is 296 g/mol. The smallest absolute Gasteiger partial charge is 0.248 e. The molecule has 0 aliphatic rings. The van der Waals surface area contributed by atoms with Crippen molar-refractivity contribution in [1.29, 1.82) is 0 Å². The molecule has 0 atom stereocenters. The van der Waals surface area contributed by atoms with Gasteiger partial charge in [0.1, 0.15) is 11.2 Å². The third-order valence-corrected chi connectivity index (χ3v) is 4.12. The summed E-state index contributed by atoms with van der Waals surface area (Å²) in [6.07, 6.45) is 1.22. The molecule has 0 unspecified atom stereocenters. The number of hydrogen-bond donors (Lipinski definition) is 2. The fourth-order valence-corrected chi connectivity index (χ4v) is 3.07. The molecule has 6 nitrogen and oxygen atoms in total. The number of nitrogens with one attached hydrogen (secondary N) is 2. The van der Waals surface area contributed by atoms with Gasteiger partial charge in [0.2, 0.25) is 5.95 Å². The highest BCUT2D eigenvalue weighted by atomic mass is 79.9. The summed E-state index contributed by atoms with van der Waals surface area (Å²) in [5.74, 6) is 0.0794. The van der Waals surface area contributed by atoms with Crippen LogP contribution >= 0.6 is 15.9 Å². The van der Waals surface area contributed by atoms with Crippen LogP contribution in [-0.2, 0) is 10.0 Å². The topological polar surface area (TPSA) is 87.7 Å². The summed E-state index contributed by atoms with van der Waals surface area (Å²) in [5.41, 5.74) is 0. The number of anilines is 1. The maximum Gasteiger partial charge on any atom is 0.265 e. The number of H-pyrrole nitrogens is 1. The summed E-state index contributed by atoms with van der Waals surface area (Å²) in [7, 11) is -3.64. The maximum atomic E-state index is 11.9. The molecule has 0 spiro atoms. The highest BCUT2D eigenvalue weighted by molar-refractivity contribution is 9.10. The summed E-state index contributed by atoms with van der Waals surface area (Å²) >= 11 is 3.17. The number of halogens is 1. The summed E-state index contributed by atoms with van der Waals surface area (Å²) < 4.78 is 26.5. The fourth-order valence-electron chi connectivity index (χ4n) is 1.10. The van der Waals surface area contributed by atoms with Crippen molar-refractivity contribution in [2.24, 2.45) is 0 Å². The van der Waals surface area contributed by atoms with Crippen LogP contribution in [0.3, 0.4) is 0 Å². The van der Waals surface area contributed by atoms with E-state index in [4.69, 9.17) is 0 Å². The second-order valence-electron chi connectivity index (χ2n) is 2.87. The first kappa shape index (κ1) is 11.1. The molecule has 2 rings (SSSR count). The van der Waals surface area contributed by atoms with Crippen LogP contribution in [0.5, 0.6) is 0 Å². The van der Waals surface area contributed by atoms with E-state index in [9.17, 15) is 8.42 Å². The normalized spacial score (nSPS) is 11.3. The van der Waals surface area contributed by atoms with Crippen molar-refractivity contribution in [3.63, 3.8) is 0 Å². The van der Waals surface area contributed by atoms with E-state index >= 15 is 0 Å². The zero-order valence-corrected chi connectivity index (χ0v) is 10.3. The average molecular weight is 303 g/mol. The summed E-state index contributed by atoms with van der Waals surface area (Å²) in [6.45, 7) is 0. The molecule has 16 heavy (non-hydrogen) atoms. The molecule has 0 saturated carbocycles. The van der Waals surface area contributed by atoms with Crippen molar-refractivity contribution in [2.45, 2.75) is 4.90 Å². The van der Waals surface area contributed by atoms with Crippen LogP contribution in [0.25, 0.3) is 0 Å². The molecule has 0 fully saturated rings. The number of sulfonamides is 1. The molecule has 1 aromatic heterocycles. The molecule has 1 heterocycles. The molecule has 8 heteroatoms. The van der Waals surface area contributed by atoms with E-state index in [0.29, 0.717) is 4.47 Å². The predicted octanol–water partition coefficient (Wildman–Crippen LogP) is 1.37. The highest BCUT2D eigenvalue weighted by Crippen LogP contribution is 2.22. The van der Waals surface area contributed by atoms with Crippen molar-refractivity contribution >= 4 is 31.9 Å². The third kappa shape index (κ3) is 2.22. The lowest BCUT2D eigenvalue weighted by Gasteiger charge is -2.06. The van der Waals surface area contributed by atoms with Gasteiger partial charge in [-0.15, -0.1) is 0 Å². The molecule has 84 valence electrons. The van der Waals surface area contributed by atoms with Crippen LogP contribution in [0.1, 0.15) is 0 Å². The minimum atomic E-state index is -3.64. The van der Waals surface area contributed by atoms with Gasteiger partial charge in [-0.25, -0.2) is 18.2 Å². The van der Waals surface area contributed by atoms with Gasteiger partial charge in [0, 0.05) is 4.47 Å². The zero-order chi connectivity index (χ0) is 11.6. The third-order valence-electron chi connectivity index (χ3n) is 1.77. The van der Waals surface area contributed by atoms with E-state index < -0.39 is 10.0 Å². The largest absolute Gasteiger partial charge is 0.265 e. The summed E-state index contributed by atoms with van der Waals surface area (Å²) in [5, 5.41) is 5.96.